The normalized spacial score (nSPS) is 52.5. The first-order valence-electron chi connectivity index (χ1n) is 10.6. The number of aliphatic hydroxyl groups excluding tert-OH is 11. The molecule has 16 heteroatoms. The van der Waals surface area contributed by atoms with Gasteiger partial charge in [0.15, 0.2) is 18.9 Å². The summed E-state index contributed by atoms with van der Waals surface area (Å²) in [5.41, 5.74) is 0. The largest absolute Gasteiger partial charge is 0.394 e. The molecule has 3 fully saturated rings. The Labute approximate surface area is 192 Å². The molecule has 16 nitrogen and oxygen atoms in total. The Kier molecular flexibility index (Phi) is 9.54. The second kappa shape index (κ2) is 11.6. The molecule has 3 aliphatic heterocycles. The van der Waals surface area contributed by atoms with Crippen LogP contribution in [-0.4, -0.2) is 168 Å². The molecule has 0 aliphatic carbocycles. The average Bonchev–Trinajstić information content (AvgIpc) is 2.83. The van der Waals surface area contributed by atoms with Crippen molar-refractivity contribution < 1.29 is 79.9 Å². The molecule has 0 saturated carbocycles. The van der Waals surface area contributed by atoms with Crippen molar-refractivity contribution in [3.63, 3.8) is 0 Å². The highest BCUT2D eigenvalue weighted by Crippen LogP contribution is 2.32. The Morgan fingerprint density at radius 1 is 0.441 bits per heavy atom. The number of aliphatic hydroxyl groups is 11. The van der Waals surface area contributed by atoms with Crippen LogP contribution >= 0.6 is 0 Å². The van der Waals surface area contributed by atoms with E-state index < -0.39 is 112 Å². The summed E-state index contributed by atoms with van der Waals surface area (Å²) in [6.07, 6.45) is -25.6. The number of rotatable bonds is 7. The minimum Gasteiger partial charge on any atom is -0.394 e. The van der Waals surface area contributed by atoms with Gasteiger partial charge in [0.05, 0.1) is 19.8 Å². The molecule has 0 radical (unpaired) electrons. The lowest BCUT2D eigenvalue weighted by Crippen LogP contribution is -2.67. The van der Waals surface area contributed by atoms with E-state index in [-0.39, 0.29) is 0 Å². The van der Waals surface area contributed by atoms with Crippen molar-refractivity contribution in [3.8, 4) is 0 Å². The van der Waals surface area contributed by atoms with Gasteiger partial charge in [-0.25, -0.2) is 0 Å². The molecule has 3 rings (SSSR count). The Morgan fingerprint density at radius 2 is 0.853 bits per heavy atom. The van der Waals surface area contributed by atoms with Gasteiger partial charge in [-0.1, -0.05) is 0 Å². The highest BCUT2D eigenvalue weighted by atomic mass is 16.8. The van der Waals surface area contributed by atoms with Crippen LogP contribution in [0.3, 0.4) is 0 Å². The number of ether oxygens (including phenoxy) is 5. The summed E-state index contributed by atoms with van der Waals surface area (Å²) in [4.78, 5) is 0. The number of hydrogen-bond acceptors (Lipinski definition) is 16. The van der Waals surface area contributed by atoms with Crippen LogP contribution in [0.1, 0.15) is 0 Å². The second-order valence-electron chi connectivity index (χ2n) is 8.33. The molecular weight excluding hydrogens is 472 g/mol. The Balaban J connectivity index is 1.84. The van der Waals surface area contributed by atoms with Gasteiger partial charge < -0.3 is 79.9 Å². The van der Waals surface area contributed by atoms with Crippen LogP contribution in [0, 0.1) is 0 Å². The van der Waals surface area contributed by atoms with Gasteiger partial charge in [0.2, 0.25) is 0 Å². The van der Waals surface area contributed by atoms with Crippen molar-refractivity contribution in [1.29, 1.82) is 0 Å². The molecule has 0 aromatic carbocycles. The molecule has 0 spiro atoms. The minimum absolute atomic E-state index is 0.762. The maximum Gasteiger partial charge on any atom is 0.187 e. The van der Waals surface area contributed by atoms with Crippen molar-refractivity contribution in [1.82, 2.24) is 0 Å². The SMILES string of the molecule is OC[C@H]1O[C@@H](O[C@@H]2[C@@H](O)[C@@H](O)O[C@H](CO)[C@@H]2O[C@@H]2O[C@H](CO)[C@@H](O)[C@H](O)[C@H]2O)[C@H](O)[C@@H](O)[C@@H]1O. The quantitative estimate of drug-likeness (QED) is 0.154. The zero-order chi connectivity index (χ0) is 25.3. The van der Waals surface area contributed by atoms with Gasteiger partial charge in [-0.05, 0) is 0 Å². The fourth-order valence-electron chi connectivity index (χ4n) is 4.04. The van der Waals surface area contributed by atoms with E-state index in [9.17, 15) is 56.2 Å². The predicted octanol–water partition coefficient (Wildman–Crippen LogP) is -7.57. The van der Waals surface area contributed by atoms with Gasteiger partial charge in [0.25, 0.3) is 0 Å². The molecule has 34 heavy (non-hydrogen) atoms. The molecule has 200 valence electrons. The van der Waals surface area contributed by atoms with Gasteiger partial charge in [0, 0.05) is 0 Å². The summed E-state index contributed by atoms with van der Waals surface area (Å²) in [5, 5.41) is 109. The topological polar surface area (TPSA) is 269 Å². The van der Waals surface area contributed by atoms with Crippen LogP contribution < -0.4 is 0 Å². The van der Waals surface area contributed by atoms with Crippen LogP contribution in [0.5, 0.6) is 0 Å². The molecule has 3 aliphatic rings. The lowest BCUT2D eigenvalue weighted by molar-refractivity contribution is -0.383. The zero-order valence-corrected chi connectivity index (χ0v) is 17.7. The van der Waals surface area contributed by atoms with Gasteiger partial charge in [-0.2, -0.15) is 0 Å². The van der Waals surface area contributed by atoms with Crippen LogP contribution in [0.25, 0.3) is 0 Å². The van der Waals surface area contributed by atoms with Crippen molar-refractivity contribution in [2.75, 3.05) is 19.8 Å². The summed E-state index contributed by atoms with van der Waals surface area (Å²) in [6, 6.07) is 0. The maximum atomic E-state index is 10.5. The minimum atomic E-state index is -1.93. The van der Waals surface area contributed by atoms with Gasteiger partial charge in [-0.3, -0.25) is 0 Å². The average molecular weight is 504 g/mol. The van der Waals surface area contributed by atoms with E-state index in [1.54, 1.807) is 0 Å². The fraction of sp³-hybridized carbons (Fsp3) is 1.00. The number of hydrogen-bond donors (Lipinski definition) is 11. The van der Waals surface area contributed by atoms with Crippen molar-refractivity contribution in [2.24, 2.45) is 0 Å². The van der Waals surface area contributed by atoms with E-state index in [0.717, 1.165) is 0 Å². The van der Waals surface area contributed by atoms with Crippen LogP contribution in [0.4, 0.5) is 0 Å². The van der Waals surface area contributed by atoms with E-state index in [2.05, 4.69) is 0 Å². The predicted molar refractivity (Wildman–Crippen MR) is 101 cm³/mol. The first kappa shape index (κ1) is 27.9. The van der Waals surface area contributed by atoms with Gasteiger partial charge in [0.1, 0.15) is 73.2 Å². The highest BCUT2D eigenvalue weighted by Gasteiger charge is 2.53. The summed E-state index contributed by atoms with van der Waals surface area (Å²) >= 11 is 0. The zero-order valence-electron chi connectivity index (χ0n) is 17.7. The Morgan fingerprint density at radius 3 is 1.26 bits per heavy atom. The van der Waals surface area contributed by atoms with Gasteiger partial charge >= 0.3 is 0 Å². The lowest BCUT2D eigenvalue weighted by Gasteiger charge is -2.48. The van der Waals surface area contributed by atoms with Gasteiger partial charge in [-0.15, -0.1) is 0 Å². The molecule has 3 saturated heterocycles. The monoisotopic (exact) mass is 504 g/mol. The van der Waals surface area contributed by atoms with E-state index in [1.807, 2.05) is 0 Å². The van der Waals surface area contributed by atoms with E-state index >= 15 is 0 Å². The molecular formula is C18H32O16. The van der Waals surface area contributed by atoms with E-state index in [4.69, 9.17) is 23.7 Å². The maximum absolute atomic E-state index is 10.5. The van der Waals surface area contributed by atoms with E-state index in [0.29, 0.717) is 0 Å². The third-order valence-electron chi connectivity index (χ3n) is 6.09. The molecule has 0 unspecified atom stereocenters. The summed E-state index contributed by atoms with van der Waals surface area (Å²) in [7, 11) is 0. The first-order valence-corrected chi connectivity index (χ1v) is 10.6. The third kappa shape index (κ3) is 5.37. The Bertz CT molecular complexity index is 599. The standard InChI is InChI=1S/C18H32O16/c19-1-4-7(22)9(24)11(26)17(31-4)33-14-6(3-21)30-16(29)13(28)15(14)34-18-12(27)10(25)8(23)5(2-20)32-18/h4-29H,1-3H2/t4-,5-,6-,7-,8-,9+,10+,11-,12-,13-,14+,15-,16+,17+,18+/m1/s1. The molecule has 0 aromatic heterocycles. The van der Waals surface area contributed by atoms with Crippen LogP contribution in [0.2, 0.25) is 0 Å². The van der Waals surface area contributed by atoms with Crippen LogP contribution in [0.15, 0.2) is 0 Å². The smallest absolute Gasteiger partial charge is 0.187 e. The molecule has 0 aromatic rings. The molecule has 3 heterocycles. The van der Waals surface area contributed by atoms with Crippen molar-refractivity contribution in [3.05, 3.63) is 0 Å². The van der Waals surface area contributed by atoms with E-state index in [1.165, 1.54) is 0 Å². The summed E-state index contributed by atoms with van der Waals surface area (Å²) < 4.78 is 26.7. The second-order valence-corrected chi connectivity index (χ2v) is 8.33. The van der Waals surface area contributed by atoms with Crippen LogP contribution in [-0.2, 0) is 23.7 Å². The third-order valence-corrected chi connectivity index (χ3v) is 6.09. The highest BCUT2D eigenvalue weighted by molar-refractivity contribution is 4.96. The summed E-state index contributed by atoms with van der Waals surface area (Å²) in [6.45, 7) is -2.35. The lowest BCUT2D eigenvalue weighted by atomic mass is 9.96. The fourth-order valence-corrected chi connectivity index (χ4v) is 4.04. The first-order chi connectivity index (χ1) is 16.0. The molecule has 15 atom stereocenters. The van der Waals surface area contributed by atoms with Crippen molar-refractivity contribution in [2.45, 2.75) is 92.1 Å². The molecule has 11 N–H and O–H groups in total. The van der Waals surface area contributed by atoms with Crippen molar-refractivity contribution >= 4 is 0 Å². The Hall–Kier alpha value is -0.640. The molecule has 0 bridgehead atoms. The summed E-state index contributed by atoms with van der Waals surface area (Å²) in [5.74, 6) is 0. The molecule has 0 amide bonds.